The average Bonchev–Trinajstić information content (AvgIpc) is 2.63. The van der Waals surface area contributed by atoms with E-state index in [1.807, 2.05) is 12.1 Å². The van der Waals surface area contributed by atoms with Crippen molar-refractivity contribution in [2.75, 3.05) is 5.32 Å². The van der Waals surface area contributed by atoms with E-state index in [1.165, 1.54) is 14.9 Å². The Morgan fingerprint density at radius 2 is 2.06 bits per heavy atom. The molecule has 18 heavy (non-hydrogen) atoms. The van der Waals surface area contributed by atoms with E-state index in [0.717, 1.165) is 20.1 Å². The summed E-state index contributed by atoms with van der Waals surface area (Å²) in [5.41, 5.74) is 2.11. The predicted octanol–water partition coefficient (Wildman–Crippen LogP) is 6.60. The Labute approximate surface area is 142 Å². The highest BCUT2D eigenvalue weighted by Gasteiger charge is 2.14. The quantitative estimate of drug-likeness (QED) is 0.492. The van der Waals surface area contributed by atoms with Crippen molar-refractivity contribution in [1.82, 2.24) is 0 Å². The van der Waals surface area contributed by atoms with Crippen molar-refractivity contribution in [2.24, 2.45) is 0 Å². The average molecular weight is 477 g/mol. The zero-order valence-electron chi connectivity index (χ0n) is 9.31. The molecule has 2 aromatic rings. The highest BCUT2D eigenvalue weighted by Crippen LogP contribution is 2.36. The van der Waals surface area contributed by atoms with E-state index in [9.17, 15) is 0 Å². The van der Waals surface area contributed by atoms with Crippen LogP contribution in [0, 0.1) is 3.57 Å². The van der Waals surface area contributed by atoms with Crippen LogP contribution in [0.5, 0.6) is 0 Å². The van der Waals surface area contributed by atoms with Crippen LogP contribution >= 0.6 is 73.1 Å². The topological polar surface area (TPSA) is 12.0 Å². The molecule has 0 aliphatic heterocycles. The molecule has 6 heteroatoms. The molecule has 96 valence electrons. The van der Waals surface area contributed by atoms with E-state index in [4.69, 9.17) is 23.2 Å². The fourth-order valence-corrected chi connectivity index (χ4v) is 4.07. The van der Waals surface area contributed by atoms with Crippen LogP contribution in [0.3, 0.4) is 0 Å². The number of rotatable bonds is 3. The van der Waals surface area contributed by atoms with Crippen LogP contribution < -0.4 is 5.32 Å². The summed E-state index contributed by atoms with van der Waals surface area (Å²) < 4.78 is 3.67. The minimum atomic E-state index is 0.115. The summed E-state index contributed by atoms with van der Waals surface area (Å²) >= 11 is 19.3. The zero-order chi connectivity index (χ0) is 13.3. The van der Waals surface area contributed by atoms with Crippen LogP contribution in [0.2, 0.25) is 8.67 Å². The molecular weight excluding hydrogens is 468 g/mol. The molecule has 0 saturated carbocycles. The van der Waals surface area contributed by atoms with Crippen molar-refractivity contribution in [2.45, 2.75) is 13.0 Å². The molecule has 1 N–H and O–H groups in total. The first-order valence-electron chi connectivity index (χ1n) is 5.13. The Hall–Kier alpha value is 0.510. The molecule has 0 aliphatic carbocycles. The van der Waals surface area contributed by atoms with Crippen LogP contribution in [0.1, 0.15) is 18.5 Å². The van der Waals surface area contributed by atoms with Gasteiger partial charge in [0.15, 0.2) is 0 Å². The van der Waals surface area contributed by atoms with Crippen molar-refractivity contribution < 1.29 is 0 Å². The third-order valence-corrected chi connectivity index (χ3v) is 5.40. The fraction of sp³-hybridized carbons (Fsp3) is 0.167. The van der Waals surface area contributed by atoms with E-state index in [-0.39, 0.29) is 6.04 Å². The normalized spacial score (nSPS) is 12.5. The number of nitrogens with one attached hydrogen (secondary N) is 1. The maximum Gasteiger partial charge on any atom is 0.0996 e. The molecule has 0 radical (unpaired) electrons. The molecular formula is C12H9BrCl2INS. The van der Waals surface area contributed by atoms with Gasteiger partial charge < -0.3 is 5.32 Å². The molecule has 1 atom stereocenters. The lowest BCUT2D eigenvalue weighted by molar-refractivity contribution is 0.889. The molecule has 0 saturated heterocycles. The van der Waals surface area contributed by atoms with Crippen LogP contribution in [0.4, 0.5) is 5.69 Å². The number of hydrogen-bond acceptors (Lipinski definition) is 2. The molecule has 1 aromatic carbocycles. The maximum atomic E-state index is 6.16. The van der Waals surface area contributed by atoms with Crippen molar-refractivity contribution in [1.29, 1.82) is 0 Å². The smallest absolute Gasteiger partial charge is 0.0996 e. The molecule has 0 aliphatic rings. The Kier molecular flexibility index (Phi) is 5.22. The summed E-state index contributed by atoms with van der Waals surface area (Å²) in [5.74, 6) is 0. The lowest BCUT2D eigenvalue weighted by Gasteiger charge is -2.16. The Morgan fingerprint density at radius 3 is 2.67 bits per heavy atom. The van der Waals surface area contributed by atoms with Crippen molar-refractivity contribution >= 4 is 78.7 Å². The van der Waals surface area contributed by atoms with Gasteiger partial charge in [-0.3, -0.25) is 0 Å². The van der Waals surface area contributed by atoms with Gasteiger partial charge in [0.25, 0.3) is 0 Å². The second kappa shape index (κ2) is 6.31. The Morgan fingerprint density at radius 1 is 1.33 bits per heavy atom. The lowest BCUT2D eigenvalue weighted by Crippen LogP contribution is -2.07. The van der Waals surface area contributed by atoms with Crippen LogP contribution in [0.25, 0.3) is 0 Å². The predicted molar refractivity (Wildman–Crippen MR) is 93.2 cm³/mol. The fourth-order valence-electron chi connectivity index (χ4n) is 1.57. The highest BCUT2D eigenvalue weighted by atomic mass is 127. The van der Waals surface area contributed by atoms with Gasteiger partial charge in [-0.15, -0.1) is 11.3 Å². The minimum absolute atomic E-state index is 0.115. The van der Waals surface area contributed by atoms with E-state index < -0.39 is 0 Å². The van der Waals surface area contributed by atoms with Gasteiger partial charge in [0, 0.05) is 19.3 Å². The second-order valence-electron chi connectivity index (χ2n) is 3.77. The van der Waals surface area contributed by atoms with Crippen LogP contribution in [0.15, 0.2) is 28.7 Å². The highest BCUT2D eigenvalue weighted by molar-refractivity contribution is 14.1. The second-order valence-corrected chi connectivity index (χ2v) is 8.13. The van der Waals surface area contributed by atoms with Gasteiger partial charge in [-0.1, -0.05) is 39.1 Å². The molecule has 0 fully saturated rings. The van der Waals surface area contributed by atoms with Crippen LogP contribution in [-0.4, -0.2) is 0 Å². The lowest BCUT2D eigenvalue weighted by atomic mass is 10.1. The van der Waals surface area contributed by atoms with Crippen molar-refractivity contribution in [3.63, 3.8) is 0 Å². The molecule has 0 amide bonds. The van der Waals surface area contributed by atoms with Gasteiger partial charge in [-0.25, -0.2) is 0 Å². The van der Waals surface area contributed by atoms with Gasteiger partial charge in [-0.05, 0) is 53.8 Å². The zero-order valence-corrected chi connectivity index (χ0v) is 15.4. The van der Waals surface area contributed by atoms with Crippen LogP contribution in [-0.2, 0) is 0 Å². The molecule has 1 nitrogen and oxygen atoms in total. The number of hydrogen-bond donors (Lipinski definition) is 1. The first kappa shape index (κ1) is 14.9. The summed E-state index contributed by atoms with van der Waals surface area (Å²) in [5, 5.41) is 3.45. The molecule has 1 aromatic heterocycles. The molecule has 0 spiro atoms. The molecule has 1 heterocycles. The first-order chi connectivity index (χ1) is 8.47. The molecule has 0 bridgehead atoms. The van der Waals surface area contributed by atoms with Gasteiger partial charge in [0.1, 0.15) is 0 Å². The summed E-state index contributed by atoms with van der Waals surface area (Å²) in [6.07, 6.45) is 0. The third kappa shape index (κ3) is 3.54. The van der Waals surface area contributed by atoms with Gasteiger partial charge in [-0.2, -0.15) is 0 Å². The van der Waals surface area contributed by atoms with Gasteiger partial charge in [0.05, 0.1) is 14.7 Å². The Balaban J connectivity index is 2.23. The Bertz CT molecular complexity index is 573. The number of anilines is 1. The van der Waals surface area contributed by atoms with E-state index >= 15 is 0 Å². The van der Waals surface area contributed by atoms with E-state index in [2.05, 4.69) is 62.9 Å². The number of halogens is 4. The SMILES string of the molecule is CC(Nc1cc(Br)ccc1I)c1cc(Cl)sc1Cl. The standard InChI is InChI=1S/C12H9BrCl2INS/c1-6(8-5-11(14)18-12(8)15)17-10-4-7(13)2-3-9(10)16/h2-6,17H,1H3. The number of benzene rings is 1. The summed E-state index contributed by atoms with van der Waals surface area (Å²) in [7, 11) is 0. The first-order valence-corrected chi connectivity index (χ1v) is 8.58. The van der Waals surface area contributed by atoms with Gasteiger partial charge >= 0.3 is 0 Å². The monoisotopic (exact) mass is 475 g/mol. The molecule has 1 unspecified atom stereocenters. The third-order valence-electron chi connectivity index (χ3n) is 2.45. The van der Waals surface area contributed by atoms with Crippen molar-refractivity contribution in [3.05, 3.63) is 46.5 Å². The van der Waals surface area contributed by atoms with E-state index in [0.29, 0.717) is 4.34 Å². The largest absolute Gasteiger partial charge is 0.378 e. The number of thiophene rings is 1. The summed E-state index contributed by atoms with van der Waals surface area (Å²) in [6.45, 7) is 2.07. The summed E-state index contributed by atoms with van der Waals surface area (Å²) in [6, 6.07) is 8.16. The maximum absolute atomic E-state index is 6.16. The van der Waals surface area contributed by atoms with Gasteiger partial charge in [0.2, 0.25) is 0 Å². The van der Waals surface area contributed by atoms with E-state index in [1.54, 1.807) is 0 Å². The van der Waals surface area contributed by atoms with Crippen molar-refractivity contribution in [3.8, 4) is 0 Å². The summed E-state index contributed by atoms with van der Waals surface area (Å²) in [4.78, 5) is 0. The minimum Gasteiger partial charge on any atom is -0.378 e. The molecule has 2 rings (SSSR count).